The Hall–Kier alpha value is -2.97. The van der Waals surface area contributed by atoms with E-state index in [9.17, 15) is 4.79 Å². The maximum atomic E-state index is 12.8. The summed E-state index contributed by atoms with van der Waals surface area (Å²) < 4.78 is 11.1. The Morgan fingerprint density at radius 3 is 2.12 bits per heavy atom. The van der Waals surface area contributed by atoms with Gasteiger partial charge in [0.2, 0.25) is 5.91 Å². The summed E-state index contributed by atoms with van der Waals surface area (Å²) in [6, 6.07) is 14.0. The lowest BCUT2D eigenvalue weighted by Gasteiger charge is -2.36. The lowest BCUT2D eigenvalue weighted by molar-refractivity contribution is -0.117. The molecule has 2 aliphatic rings. The molecule has 0 spiro atoms. The first kappa shape index (κ1) is 23.2. The van der Waals surface area contributed by atoms with Crippen molar-refractivity contribution < 1.29 is 14.3 Å². The maximum absolute atomic E-state index is 12.8. The number of ether oxygens (including phenoxy) is 2. The van der Waals surface area contributed by atoms with E-state index in [2.05, 4.69) is 38.0 Å². The number of rotatable bonds is 7. The zero-order valence-corrected chi connectivity index (χ0v) is 19.9. The summed E-state index contributed by atoms with van der Waals surface area (Å²) in [5.74, 6) is 1.74. The monoisotopic (exact) mass is 453 g/mol. The molecule has 0 aliphatic carbocycles. The van der Waals surface area contributed by atoms with Crippen LogP contribution < -0.4 is 24.6 Å². The molecule has 178 valence electrons. The van der Waals surface area contributed by atoms with Crippen molar-refractivity contribution in [1.29, 1.82) is 0 Å². The minimum absolute atomic E-state index is 0.00948. The molecular weight excluding hydrogens is 418 g/mol. The number of carbonyl (C=O) groups is 1. The molecule has 1 amide bonds. The van der Waals surface area contributed by atoms with Gasteiger partial charge in [0.1, 0.15) is 11.5 Å². The Balaban J connectivity index is 1.32. The maximum Gasteiger partial charge on any atom is 0.238 e. The highest BCUT2D eigenvalue weighted by Crippen LogP contribution is 2.32. The number of likely N-dealkylation sites (N-methyl/N-ethyl adjacent to an activating group) is 1. The van der Waals surface area contributed by atoms with E-state index in [0.717, 1.165) is 80.9 Å². The number of benzene rings is 2. The van der Waals surface area contributed by atoms with Gasteiger partial charge in [-0.25, -0.2) is 0 Å². The summed E-state index contributed by atoms with van der Waals surface area (Å²) in [7, 11) is 5.53. The fourth-order valence-corrected chi connectivity index (χ4v) is 4.50. The van der Waals surface area contributed by atoms with Gasteiger partial charge in [0.05, 0.1) is 32.1 Å². The van der Waals surface area contributed by atoms with Crippen molar-refractivity contribution in [2.75, 3.05) is 95.3 Å². The summed E-state index contributed by atoms with van der Waals surface area (Å²) in [4.78, 5) is 21.9. The molecule has 0 unspecified atom stereocenters. The summed E-state index contributed by atoms with van der Waals surface area (Å²) in [5.41, 5.74) is 2.95. The Labute approximate surface area is 196 Å². The number of nitrogens with one attached hydrogen (secondary N) is 1. The molecule has 2 aliphatic heterocycles. The van der Waals surface area contributed by atoms with Crippen LogP contribution in [0, 0.1) is 0 Å². The third-order valence-electron chi connectivity index (χ3n) is 6.47. The molecule has 2 fully saturated rings. The topological polar surface area (TPSA) is 60.5 Å². The second-order valence-electron chi connectivity index (χ2n) is 8.66. The van der Waals surface area contributed by atoms with E-state index in [0.29, 0.717) is 6.54 Å². The molecule has 1 N–H and O–H groups in total. The van der Waals surface area contributed by atoms with E-state index in [1.165, 1.54) is 0 Å². The van der Waals surface area contributed by atoms with Gasteiger partial charge in [-0.1, -0.05) is 12.1 Å². The summed E-state index contributed by atoms with van der Waals surface area (Å²) in [6.45, 7) is 7.70. The molecule has 0 atom stereocenters. The van der Waals surface area contributed by atoms with Gasteiger partial charge in [-0.05, 0) is 37.4 Å². The second-order valence-corrected chi connectivity index (χ2v) is 8.66. The first-order chi connectivity index (χ1) is 16.1. The lowest BCUT2D eigenvalue weighted by Crippen LogP contribution is -2.48. The summed E-state index contributed by atoms with van der Waals surface area (Å²) >= 11 is 0. The van der Waals surface area contributed by atoms with Gasteiger partial charge in [-0.15, -0.1) is 0 Å². The lowest BCUT2D eigenvalue weighted by atomic mass is 10.2. The van der Waals surface area contributed by atoms with Crippen molar-refractivity contribution in [3.63, 3.8) is 0 Å². The van der Waals surface area contributed by atoms with Crippen molar-refractivity contribution >= 4 is 23.0 Å². The quantitative estimate of drug-likeness (QED) is 0.690. The van der Waals surface area contributed by atoms with Gasteiger partial charge in [-0.2, -0.15) is 0 Å². The fourth-order valence-electron chi connectivity index (χ4n) is 4.50. The van der Waals surface area contributed by atoms with Crippen molar-refractivity contribution in [3.8, 4) is 11.5 Å². The standard InChI is InChI=1S/C25H35N5O3/c1-27-10-14-30(15-11-27)22-18-20(8-9-24(22)33-3)26-25(31)19-28-12-16-29(17-13-28)21-6-4-5-7-23(21)32-2/h4-9,18H,10-17,19H2,1-3H3,(H,26,31). The predicted molar refractivity (Wildman–Crippen MR) is 133 cm³/mol. The average Bonchev–Trinajstić information content (AvgIpc) is 2.85. The SMILES string of the molecule is COc1ccc(NC(=O)CN2CCN(c3ccccc3OC)CC2)cc1N1CCN(C)CC1. The van der Waals surface area contributed by atoms with Crippen molar-refractivity contribution in [2.45, 2.75) is 0 Å². The van der Waals surface area contributed by atoms with Crippen molar-refractivity contribution in [1.82, 2.24) is 9.80 Å². The van der Waals surface area contributed by atoms with Crippen LogP contribution in [0.1, 0.15) is 0 Å². The number of hydrogen-bond acceptors (Lipinski definition) is 7. The Kier molecular flexibility index (Phi) is 7.57. The minimum Gasteiger partial charge on any atom is -0.495 e. The van der Waals surface area contributed by atoms with Crippen LogP contribution >= 0.6 is 0 Å². The Bertz CT molecular complexity index is 937. The number of anilines is 3. The fraction of sp³-hybridized carbons (Fsp3) is 0.480. The highest BCUT2D eigenvalue weighted by molar-refractivity contribution is 5.93. The molecule has 0 bridgehead atoms. The van der Waals surface area contributed by atoms with Crippen LogP contribution in [0.25, 0.3) is 0 Å². The molecule has 8 nitrogen and oxygen atoms in total. The van der Waals surface area contributed by atoms with Crippen molar-refractivity contribution in [3.05, 3.63) is 42.5 Å². The van der Waals surface area contributed by atoms with E-state index in [1.54, 1.807) is 14.2 Å². The smallest absolute Gasteiger partial charge is 0.238 e. The number of methoxy groups -OCH3 is 2. The highest BCUT2D eigenvalue weighted by atomic mass is 16.5. The van der Waals surface area contributed by atoms with Crippen LogP contribution in [0.2, 0.25) is 0 Å². The van der Waals surface area contributed by atoms with Gasteiger partial charge in [0.15, 0.2) is 0 Å². The number of hydrogen-bond donors (Lipinski definition) is 1. The Morgan fingerprint density at radius 2 is 1.42 bits per heavy atom. The average molecular weight is 454 g/mol. The van der Waals surface area contributed by atoms with Gasteiger partial charge in [0.25, 0.3) is 0 Å². The molecule has 33 heavy (non-hydrogen) atoms. The van der Waals surface area contributed by atoms with Crippen LogP contribution in [0.5, 0.6) is 11.5 Å². The van der Waals surface area contributed by atoms with Crippen LogP contribution in [0.3, 0.4) is 0 Å². The molecule has 2 heterocycles. The van der Waals surface area contributed by atoms with Gasteiger partial charge in [-0.3, -0.25) is 9.69 Å². The molecule has 2 aromatic carbocycles. The molecule has 2 aromatic rings. The number of nitrogens with zero attached hydrogens (tertiary/aromatic N) is 4. The zero-order valence-electron chi connectivity index (χ0n) is 19.9. The van der Waals surface area contributed by atoms with E-state index in [1.807, 2.05) is 36.4 Å². The zero-order chi connectivity index (χ0) is 23.2. The first-order valence-electron chi connectivity index (χ1n) is 11.6. The number of carbonyl (C=O) groups excluding carboxylic acids is 1. The van der Waals surface area contributed by atoms with E-state index >= 15 is 0 Å². The summed E-state index contributed by atoms with van der Waals surface area (Å²) in [5, 5.41) is 3.08. The number of amides is 1. The van der Waals surface area contributed by atoms with E-state index < -0.39 is 0 Å². The van der Waals surface area contributed by atoms with Gasteiger partial charge >= 0.3 is 0 Å². The normalized spacial score (nSPS) is 17.7. The predicted octanol–water partition coefficient (Wildman–Crippen LogP) is 2.22. The third-order valence-corrected chi connectivity index (χ3v) is 6.47. The summed E-state index contributed by atoms with van der Waals surface area (Å²) in [6.07, 6.45) is 0. The third kappa shape index (κ3) is 5.69. The molecule has 0 saturated carbocycles. The molecular formula is C25H35N5O3. The largest absolute Gasteiger partial charge is 0.495 e. The van der Waals surface area contributed by atoms with Crippen LogP contribution in [-0.4, -0.2) is 95.9 Å². The number of para-hydroxylation sites is 2. The second kappa shape index (κ2) is 10.8. The van der Waals surface area contributed by atoms with Crippen LogP contribution in [0.15, 0.2) is 42.5 Å². The first-order valence-corrected chi connectivity index (χ1v) is 11.6. The van der Waals surface area contributed by atoms with Gasteiger partial charge in [0, 0.05) is 58.0 Å². The molecule has 4 rings (SSSR count). The minimum atomic E-state index is 0.00948. The number of piperazine rings is 2. The van der Waals surface area contributed by atoms with Crippen LogP contribution in [-0.2, 0) is 4.79 Å². The molecule has 0 aromatic heterocycles. The molecule has 2 saturated heterocycles. The molecule has 8 heteroatoms. The van der Waals surface area contributed by atoms with Crippen LogP contribution in [0.4, 0.5) is 17.1 Å². The van der Waals surface area contributed by atoms with E-state index in [-0.39, 0.29) is 5.91 Å². The van der Waals surface area contributed by atoms with Gasteiger partial charge < -0.3 is 29.5 Å². The Morgan fingerprint density at radius 1 is 0.818 bits per heavy atom. The van der Waals surface area contributed by atoms with Crippen molar-refractivity contribution in [2.24, 2.45) is 0 Å². The highest BCUT2D eigenvalue weighted by Gasteiger charge is 2.22. The molecule has 0 radical (unpaired) electrons. The van der Waals surface area contributed by atoms with E-state index in [4.69, 9.17) is 9.47 Å².